The number of ether oxygens (including phenoxy) is 2. The van der Waals surface area contributed by atoms with Crippen LogP contribution in [0.1, 0.15) is 23.3 Å². The third-order valence-corrected chi connectivity index (χ3v) is 6.44. The van der Waals surface area contributed by atoms with Gasteiger partial charge >= 0.3 is 6.03 Å². The second-order valence-electron chi connectivity index (χ2n) is 7.24. The van der Waals surface area contributed by atoms with Crippen molar-refractivity contribution in [1.82, 2.24) is 10.2 Å². The number of benzene rings is 1. The highest BCUT2D eigenvalue weighted by molar-refractivity contribution is 7.10. The number of amides is 4. The van der Waals surface area contributed by atoms with Crippen molar-refractivity contribution in [2.24, 2.45) is 0 Å². The zero-order valence-electron chi connectivity index (χ0n) is 15.5. The second kappa shape index (κ2) is 6.77. The number of aryl methyl sites for hydroxylation is 1. The highest BCUT2D eigenvalue weighted by Gasteiger charge is 2.54. The van der Waals surface area contributed by atoms with Gasteiger partial charge in [0, 0.05) is 22.2 Å². The number of anilines is 1. The minimum Gasteiger partial charge on any atom is -0.486 e. The van der Waals surface area contributed by atoms with E-state index < -0.39 is 17.5 Å². The molecule has 1 aromatic carbocycles. The number of hydrogen-bond donors (Lipinski definition) is 2. The van der Waals surface area contributed by atoms with Gasteiger partial charge in [0.25, 0.3) is 5.91 Å². The van der Waals surface area contributed by atoms with Crippen LogP contribution in [0.3, 0.4) is 0 Å². The van der Waals surface area contributed by atoms with Crippen molar-refractivity contribution in [2.75, 3.05) is 25.1 Å². The monoisotopic (exact) mass is 413 g/mol. The molecule has 0 radical (unpaired) electrons. The Morgan fingerprint density at radius 2 is 2.03 bits per heavy atom. The van der Waals surface area contributed by atoms with Crippen molar-refractivity contribution < 1.29 is 23.9 Å². The Balaban J connectivity index is 1.32. The van der Waals surface area contributed by atoms with E-state index >= 15 is 0 Å². The third-order valence-electron chi connectivity index (χ3n) is 5.46. The Labute approximate surface area is 170 Å². The molecule has 1 saturated heterocycles. The summed E-state index contributed by atoms with van der Waals surface area (Å²) in [5.74, 6) is 0.354. The van der Waals surface area contributed by atoms with E-state index in [0.29, 0.717) is 36.8 Å². The average molecular weight is 413 g/mol. The van der Waals surface area contributed by atoms with Gasteiger partial charge in [-0.1, -0.05) is 0 Å². The summed E-state index contributed by atoms with van der Waals surface area (Å²) in [4.78, 5) is 40.4. The first-order valence-corrected chi connectivity index (χ1v) is 10.4. The molecule has 0 bridgehead atoms. The molecule has 1 fully saturated rings. The number of urea groups is 1. The molecule has 150 valence electrons. The number of nitrogens with one attached hydrogen (secondary N) is 2. The van der Waals surface area contributed by atoms with E-state index in [0.717, 1.165) is 28.2 Å². The van der Waals surface area contributed by atoms with Crippen LogP contribution in [-0.4, -0.2) is 42.5 Å². The van der Waals surface area contributed by atoms with Gasteiger partial charge in [0.05, 0.1) is 0 Å². The summed E-state index contributed by atoms with van der Waals surface area (Å²) in [7, 11) is 0. The molecule has 29 heavy (non-hydrogen) atoms. The van der Waals surface area contributed by atoms with Crippen LogP contribution in [-0.2, 0) is 21.5 Å². The van der Waals surface area contributed by atoms with Crippen LogP contribution in [0, 0.1) is 0 Å². The van der Waals surface area contributed by atoms with E-state index in [4.69, 9.17) is 9.47 Å². The van der Waals surface area contributed by atoms with Gasteiger partial charge in [-0.25, -0.2) is 4.79 Å². The first-order chi connectivity index (χ1) is 14.1. The van der Waals surface area contributed by atoms with E-state index in [1.54, 1.807) is 29.5 Å². The van der Waals surface area contributed by atoms with E-state index in [9.17, 15) is 14.4 Å². The second-order valence-corrected chi connectivity index (χ2v) is 8.25. The highest BCUT2D eigenvalue weighted by Crippen LogP contribution is 2.42. The SMILES string of the molecule is O=C(CN1C(=O)N[C@@]2(CCCc3sccc32)C1=O)Nc1ccc2c(c1)OCCO2. The van der Waals surface area contributed by atoms with E-state index in [-0.39, 0.29) is 12.5 Å². The number of hydrogen-bond acceptors (Lipinski definition) is 6. The molecular weight excluding hydrogens is 394 g/mol. The van der Waals surface area contributed by atoms with Gasteiger partial charge in [-0.2, -0.15) is 0 Å². The Bertz CT molecular complexity index is 1020. The predicted octanol–water partition coefficient (Wildman–Crippen LogP) is 2.24. The molecule has 1 aliphatic carbocycles. The molecule has 4 amide bonds. The Kier molecular flexibility index (Phi) is 4.20. The number of rotatable bonds is 3. The van der Waals surface area contributed by atoms with Crippen molar-refractivity contribution in [3.8, 4) is 11.5 Å². The van der Waals surface area contributed by atoms with Crippen LogP contribution in [0.4, 0.5) is 10.5 Å². The minimum atomic E-state index is -1.04. The lowest BCUT2D eigenvalue weighted by Gasteiger charge is -2.31. The van der Waals surface area contributed by atoms with E-state index in [1.807, 2.05) is 11.4 Å². The van der Waals surface area contributed by atoms with Crippen LogP contribution in [0.15, 0.2) is 29.6 Å². The van der Waals surface area contributed by atoms with Crippen LogP contribution < -0.4 is 20.1 Å². The van der Waals surface area contributed by atoms with Crippen molar-refractivity contribution in [1.29, 1.82) is 0 Å². The van der Waals surface area contributed by atoms with Gasteiger partial charge in [0.1, 0.15) is 25.3 Å². The lowest BCUT2D eigenvalue weighted by molar-refractivity contribution is -0.134. The van der Waals surface area contributed by atoms with Crippen molar-refractivity contribution in [3.63, 3.8) is 0 Å². The fourth-order valence-corrected chi connectivity index (χ4v) is 5.15. The minimum absolute atomic E-state index is 0.347. The normalized spacial score (nSPS) is 22.4. The van der Waals surface area contributed by atoms with Crippen molar-refractivity contribution in [2.45, 2.75) is 24.8 Å². The van der Waals surface area contributed by atoms with Gasteiger partial charge in [0.2, 0.25) is 5.91 Å². The number of thiophene rings is 1. The number of carbonyl (C=O) groups is 3. The summed E-state index contributed by atoms with van der Waals surface area (Å²) in [6.45, 7) is 0.582. The van der Waals surface area contributed by atoms with Gasteiger partial charge in [-0.3, -0.25) is 14.5 Å². The molecule has 1 aromatic heterocycles. The molecule has 2 aromatic rings. The maximum absolute atomic E-state index is 13.2. The lowest BCUT2D eigenvalue weighted by Crippen LogP contribution is -2.46. The largest absolute Gasteiger partial charge is 0.486 e. The maximum Gasteiger partial charge on any atom is 0.325 e. The molecule has 9 heteroatoms. The number of carbonyl (C=O) groups excluding carboxylic acids is 3. The highest BCUT2D eigenvalue weighted by atomic mass is 32.1. The molecule has 1 spiro atoms. The smallest absolute Gasteiger partial charge is 0.325 e. The Morgan fingerprint density at radius 3 is 2.90 bits per heavy atom. The van der Waals surface area contributed by atoms with Crippen molar-refractivity contribution in [3.05, 3.63) is 40.1 Å². The molecule has 5 rings (SSSR count). The van der Waals surface area contributed by atoms with Gasteiger partial charge < -0.3 is 20.1 Å². The molecule has 1 atom stereocenters. The quantitative estimate of drug-likeness (QED) is 0.753. The summed E-state index contributed by atoms with van der Waals surface area (Å²) in [5, 5.41) is 7.51. The zero-order chi connectivity index (χ0) is 20.0. The summed E-state index contributed by atoms with van der Waals surface area (Å²) < 4.78 is 11.0. The lowest BCUT2D eigenvalue weighted by atomic mass is 9.80. The Hall–Kier alpha value is -3.07. The average Bonchev–Trinajstić information content (AvgIpc) is 3.29. The molecule has 3 aliphatic rings. The standard InChI is InChI=1S/C20H19N3O5S/c24-17(21-12-3-4-14-15(10-12)28-8-7-27-14)11-23-18(25)20(22-19(23)26)6-1-2-16-13(20)5-9-29-16/h3-5,9-10H,1-2,6-8,11H2,(H,21,24)(H,22,26)/t20-/m1/s1. The molecule has 3 heterocycles. The first kappa shape index (κ1) is 18.0. The van der Waals surface area contributed by atoms with Crippen LogP contribution in [0.25, 0.3) is 0 Å². The molecular formula is C20H19N3O5S. The third kappa shape index (κ3) is 2.93. The fourth-order valence-electron chi connectivity index (χ4n) is 4.15. The predicted molar refractivity (Wildman–Crippen MR) is 105 cm³/mol. The number of nitrogens with zero attached hydrogens (tertiary/aromatic N) is 1. The number of fused-ring (bicyclic) bond motifs is 3. The van der Waals surface area contributed by atoms with Crippen LogP contribution >= 0.6 is 11.3 Å². The summed E-state index contributed by atoms with van der Waals surface area (Å²) >= 11 is 1.59. The molecule has 0 saturated carbocycles. The van der Waals surface area contributed by atoms with Gasteiger partial charge in [-0.05, 0) is 42.8 Å². The molecule has 8 nitrogen and oxygen atoms in total. The molecule has 0 unspecified atom stereocenters. The molecule has 2 aliphatic heterocycles. The zero-order valence-corrected chi connectivity index (χ0v) is 16.3. The molecule has 2 N–H and O–H groups in total. The summed E-state index contributed by atoms with van der Waals surface area (Å²) in [5.41, 5.74) is 0.336. The topological polar surface area (TPSA) is 97.0 Å². The summed E-state index contributed by atoms with van der Waals surface area (Å²) in [6.07, 6.45) is 2.26. The summed E-state index contributed by atoms with van der Waals surface area (Å²) in [6, 6.07) is 6.44. The first-order valence-electron chi connectivity index (χ1n) is 9.47. The Morgan fingerprint density at radius 1 is 1.21 bits per heavy atom. The number of imide groups is 1. The fraction of sp³-hybridized carbons (Fsp3) is 0.350. The maximum atomic E-state index is 13.2. The van der Waals surface area contributed by atoms with Crippen molar-refractivity contribution >= 4 is 34.9 Å². The van der Waals surface area contributed by atoms with E-state index in [1.165, 1.54) is 0 Å². The van der Waals surface area contributed by atoms with Gasteiger partial charge in [0.15, 0.2) is 11.5 Å². The van der Waals surface area contributed by atoms with Crippen LogP contribution in [0.2, 0.25) is 0 Å². The van der Waals surface area contributed by atoms with E-state index in [2.05, 4.69) is 10.6 Å². The van der Waals surface area contributed by atoms with Crippen LogP contribution in [0.5, 0.6) is 11.5 Å². The van der Waals surface area contributed by atoms with Gasteiger partial charge in [-0.15, -0.1) is 11.3 Å².